The van der Waals surface area contributed by atoms with Crippen molar-refractivity contribution in [3.63, 3.8) is 0 Å². The summed E-state index contributed by atoms with van der Waals surface area (Å²) in [6.45, 7) is 0. The fraction of sp³-hybridized carbons (Fsp3) is 0.300. The number of carboxylic acids is 1. The number of hydrogen-bond acceptors (Lipinski definition) is 3. The van der Waals surface area contributed by atoms with Crippen LogP contribution in [-0.2, 0) is 4.79 Å². The van der Waals surface area contributed by atoms with Gasteiger partial charge in [0.1, 0.15) is 12.0 Å². The van der Waals surface area contributed by atoms with Crippen LogP contribution < -0.4 is 10.4 Å². The second kappa shape index (κ2) is 4.55. The molecular weight excluding hydrogens is 278 g/mol. The summed E-state index contributed by atoms with van der Waals surface area (Å²) >= 11 is 5.11. The molecule has 1 aromatic carbocycles. The highest BCUT2D eigenvalue weighted by Crippen LogP contribution is 2.31. The topological polar surface area (TPSA) is 56.7 Å². The summed E-state index contributed by atoms with van der Waals surface area (Å²) in [5.74, 6) is -0.369. The SMILES string of the molecule is O=C([O-])[C@H]1CS[C@H](c2ccccc2Br)[NH2+]1. The van der Waals surface area contributed by atoms with E-state index in [-0.39, 0.29) is 5.37 Å². The van der Waals surface area contributed by atoms with Crippen molar-refractivity contribution in [2.45, 2.75) is 11.4 Å². The van der Waals surface area contributed by atoms with Gasteiger partial charge in [-0.1, -0.05) is 45.9 Å². The minimum atomic E-state index is -0.975. The minimum Gasteiger partial charge on any atom is -0.544 e. The Morgan fingerprint density at radius 3 is 2.87 bits per heavy atom. The van der Waals surface area contributed by atoms with Crippen molar-refractivity contribution in [1.29, 1.82) is 0 Å². The quantitative estimate of drug-likeness (QED) is 0.825. The molecule has 0 aromatic heterocycles. The van der Waals surface area contributed by atoms with Gasteiger partial charge in [-0.05, 0) is 6.07 Å². The van der Waals surface area contributed by atoms with Gasteiger partial charge in [0.25, 0.3) is 0 Å². The summed E-state index contributed by atoms with van der Waals surface area (Å²) in [5.41, 5.74) is 1.13. The molecule has 1 aliphatic rings. The van der Waals surface area contributed by atoms with E-state index >= 15 is 0 Å². The van der Waals surface area contributed by atoms with E-state index in [4.69, 9.17) is 0 Å². The maximum absolute atomic E-state index is 10.7. The molecule has 0 saturated carbocycles. The van der Waals surface area contributed by atoms with Gasteiger partial charge in [-0.3, -0.25) is 0 Å². The summed E-state index contributed by atoms with van der Waals surface area (Å²) in [4.78, 5) is 10.7. The van der Waals surface area contributed by atoms with Crippen molar-refractivity contribution >= 4 is 33.7 Å². The zero-order valence-electron chi connectivity index (χ0n) is 7.85. The smallest absolute Gasteiger partial charge is 0.160 e. The standard InChI is InChI=1S/C10H10BrNO2S/c11-7-4-2-1-3-6(7)9-12-8(5-15-9)10(13)14/h1-4,8-9,12H,5H2,(H,13,14)/t8-,9-/m1/s1. The van der Waals surface area contributed by atoms with Crippen LogP contribution in [0.5, 0.6) is 0 Å². The van der Waals surface area contributed by atoms with Crippen LogP contribution in [0.25, 0.3) is 0 Å². The predicted octanol–water partition coefficient (Wildman–Crippen LogP) is -0.124. The first-order chi connectivity index (χ1) is 7.18. The average molecular weight is 288 g/mol. The number of hydrogen-bond donors (Lipinski definition) is 1. The monoisotopic (exact) mass is 287 g/mol. The third-order valence-electron chi connectivity index (χ3n) is 2.38. The molecule has 80 valence electrons. The number of thioether (sulfide) groups is 1. The lowest BCUT2D eigenvalue weighted by atomic mass is 10.2. The maximum Gasteiger partial charge on any atom is 0.160 e. The van der Waals surface area contributed by atoms with Crippen molar-refractivity contribution < 1.29 is 15.2 Å². The molecule has 0 amide bonds. The summed E-state index contributed by atoms with van der Waals surface area (Å²) in [5, 5.41) is 12.7. The van der Waals surface area contributed by atoms with E-state index < -0.39 is 12.0 Å². The first-order valence-electron chi connectivity index (χ1n) is 4.60. The first kappa shape index (κ1) is 11.0. The number of quaternary nitrogens is 1. The van der Waals surface area contributed by atoms with E-state index in [1.54, 1.807) is 11.8 Å². The second-order valence-corrected chi connectivity index (χ2v) is 5.42. The highest BCUT2D eigenvalue weighted by molar-refractivity contribution is 9.10. The number of carbonyl (C=O) groups is 1. The van der Waals surface area contributed by atoms with Crippen LogP contribution >= 0.6 is 27.7 Å². The normalized spacial score (nSPS) is 25.4. The van der Waals surface area contributed by atoms with Crippen LogP contribution in [0.15, 0.2) is 28.7 Å². The number of benzene rings is 1. The summed E-state index contributed by atoms with van der Waals surface area (Å²) in [6.07, 6.45) is 0. The molecule has 0 unspecified atom stereocenters. The lowest BCUT2D eigenvalue weighted by molar-refractivity contribution is -0.690. The molecule has 2 N–H and O–H groups in total. The molecule has 1 aromatic rings. The average Bonchev–Trinajstić information content (AvgIpc) is 2.67. The molecule has 0 spiro atoms. The zero-order valence-corrected chi connectivity index (χ0v) is 10.3. The zero-order chi connectivity index (χ0) is 10.8. The van der Waals surface area contributed by atoms with Crippen molar-refractivity contribution in [3.05, 3.63) is 34.3 Å². The van der Waals surface area contributed by atoms with Gasteiger partial charge in [-0.2, -0.15) is 0 Å². The number of carboxylic acid groups (broad SMARTS) is 1. The maximum atomic E-state index is 10.7. The number of aliphatic carboxylic acids is 1. The second-order valence-electron chi connectivity index (χ2n) is 3.39. The summed E-state index contributed by atoms with van der Waals surface area (Å²) < 4.78 is 1.03. The Hall–Kier alpha value is -0.520. The number of rotatable bonds is 2. The van der Waals surface area contributed by atoms with Gasteiger partial charge in [0.15, 0.2) is 5.37 Å². The van der Waals surface area contributed by atoms with Crippen LogP contribution in [0.1, 0.15) is 10.9 Å². The molecule has 2 atom stereocenters. The molecule has 1 aliphatic heterocycles. The Balaban J connectivity index is 2.14. The van der Waals surface area contributed by atoms with Gasteiger partial charge < -0.3 is 15.2 Å². The van der Waals surface area contributed by atoms with Gasteiger partial charge >= 0.3 is 0 Å². The number of halogens is 1. The molecule has 0 bridgehead atoms. The first-order valence-corrected chi connectivity index (χ1v) is 6.44. The van der Waals surface area contributed by atoms with Crippen LogP contribution in [-0.4, -0.2) is 17.8 Å². The van der Waals surface area contributed by atoms with Gasteiger partial charge in [0.2, 0.25) is 0 Å². The van der Waals surface area contributed by atoms with E-state index in [1.807, 2.05) is 29.6 Å². The molecule has 0 aliphatic carbocycles. The molecule has 1 heterocycles. The van der Waals surface area contributed by atoms with Crippen LogP contribution in [0.2, 0.25) is 0 Å². The van der Waals surface area contributed by atoms with Gasteiger partial charge in [0, 0.05) is 10.0 Å². The molecule has 3 nitrogen and oxygen atoms in total. The molecule has 2 rings (SSSR count). The van der Waals surface area contributed by atoms with E-state index in [2.05, 4.69) is 15.9 Å². The van der Waals surface area contributed by atoms with E-state index in [0.29, 0.717) is 5.75 Å². The molecule has 0 radical (unpaired) electrons. The third kappa shape index (κ3) is 2.35. The van der Waals surface area contributed by atoms with E-state index in [0.717, 1.165) is 10.0 Å². The third-order valence-corrected chi connectivity index (χ3v) is 4.42. The highest BCUT2D eigenvalue weighted by atomic mass is 79.9. The van der Waals surface area contributed by atoms with Crippen LogP contribution in [0, 0.1) is 0 Å². The lowest BCUT2D eigenvalue weighted by Crippen LogP contribution is -2.90. The van der Waals surface area contributed by atoms with Gasteiger partial charge in [-0.15, -0.1) is 0 Å². The minimum absolute atomic E-state index is 0.156. The molecule has 1 saturated heterocycles. The fourth-order valence-corrected chi connectivity index (χ4v) is 3.61. The van der Waals surface area contributed by atoms with E-state index in [9.17, 15) is 9.90 Å². The molecular formula is C10H10BrNO2S. The van der Waals surface area contributed by atoms with Crippen molar-refractivity contribution in [2.75, 3.05) is 5.75 Å². The Morgan fingerprint density at radius 2 is 2.27 bits per heavy atom. The highest BCUT2D eigenvalue weighted by Gasteiger charge is 2.31. The molecule has 5 heteroatoms. The van der Waals surface area contributed by atoms with Crippen molar-refractivity contribution in [3.8, 4) is 0 Å². The number of carbonyl (C=O) groups excluding carboxylic acids is 1. The Bertz CT molecular complexity index is 385. The number of nitrogens with two attached hydrogens (primary N) is 1. The lowest BCUT2D eigenvalue weighted by Gasteiger charge is -2.11. The van der Waals surface area contributed by atoms with Gasteiger partial charge in [-0.25, -0.2) is 0 Å². The fourth-order valence-electron chi connectivity index (χ4n) is 1.58. The Morgan fingerprint density at radius 1 is 1.53 bits per heavy atom. The Kier molecular flexibility index (Phi) is 3.33. The van der Waals surface area contributed by atoms with Crippen LogP contribution in [0.3, 0.4) is 0 Å². The molecule has 15 heavy (non-hydrogen) atoms. The summed E-state index contributed by atoms with van der Waals surface area (Å²) in [6, 6.07) is 7.46. The van der Waals surface area contributed by atoms with Crippen LogP contribution in [0.4, 0.5) is 0 Å². The predicted molar refractivity (Wildman–Crippen MR) is 60.1 cm³/mol. The molecule has 1 fully saturated rings. The van der Waals surface area contributed by atoms with Crippen molar-refractivity contribution in [2.24, 2.45) is 0 Å². The Labute approximate surface area is 100 Å². The summed E-state index contributed by atoms with van der Waals surface area (Å²) in [7, 11) is 0. The van der Waals surface area contributed by atoms with E-state index in [1.165, 1.54) is 0 Å². The largest absolute Gasteiger partial charge is 0.544 e. The van der Waals surface area contributed by atoms with Crippen molar-refractivity contribution in [1.82, 2.24) is 0 Å². The van der Waals surface area contributed by atoms with Gasteiger partial charge in [0.05, 0.1) is 5.75 Å².